The van der Waals surface area contributed by atoms with Crippen molar-refractivity contribution in [2.75, 3.05) is 6.61 Å². The molecule has 0 aromatic heterocycles. The second kappa shape index (κ2) is 5.44. The van der Waals surface area contributed by atoms with Crippen LogP contribution in [0.25, 0.3) is 0 Å². The molecule has 19 heavy (non-hydrogen) atoms. The van der Waals surface area contributed by atoms with Crippen LogP contribution in [-0.2, 0) is 4.74 Å². The molecule has 5 unspecified atom stereocenters. The number of thioether (sulfide) groups is 1. The van der Waals surface area contributed by atoms with Gasteiger partial charge in [-0.3, -0.25) is 0 Å². The van der Waals surface area contributed by atoms with Gasteiger partial charge in [0, 0.05) is 0 Å². The Morgan fingerprint density at radius 2 is 2.21 bits per heavy atom. The Hall–Kier alpha value is 0.0500. The number of thiocyanates is 1. The van der Waals surface area contributed by atoms with Gasteiger partial charge in [0.25, 0.3) is 0 Å². The Kier molecular flexibility index (Phi) is 4.42. The summed E-state index contributed by atoms with van der Waals surface area (Å²) < 4.78 is 5.33. The fourth-order valence-corrected chi connectivity index (χ4v) is 4.33. The molecule has 0 amide bonds. The maximum atomic E-state index is 9.86. The first-order chi connectivity index (χ1) is 8.83. The van der Waals surface area contributed by atoms with Crippen molar-refractivity contribution in [2.45, 2.75) is 57.0 Å². The van der Waals surface area contributed by atoms with Gasteiger partial charge >= 0.3 is 0 Å². The molecule has 2 rings (SSSR count). The highest BCUT2D eigenvalue weighted by Gasteiger charge is 2.61. The summed E-state index contributed by atoms with van der Waals surface area (Å²) >= 11 is 6.77. The number of hydrogen-bond acceptors (Lipinski definition) is 4. The van der Waals surface area contributed by atoms with Crippen molar-refractivity contribution < 1.29 is 9.84 Å². The van der Waals surface area contributed by atoms with E-state index in [0.717, 1.165) is 24.1 Å². The van der Waals surface area contributed by atoms with E-state index < -0.39 is 10.8 Å². The smallest absolute Gasteiger partial charge is 0.134 e. The Morgan fingerprint density at radius 1 is 1.53 bits per heavy atom. The highest BCUT2D eigenvalue weighted by Crippen LogP contribution is 2.66. The number of fused-ring (bicyclic) bond motifs is 2. The van der Waals surface area contributed by atoms with Gasteiger partial charge in [0.1, 0.15) is 16.2 Å². The van der Waals surface area contributed by atoms with E-state index in [1.165, 1.54) is 12.8 Å². The highest BCUT2D eigenvalue weighted by atomic mass is 35.5. The molecule has 0 aromatic rings. The van der Waals surface area contributed by atoms with Gasteiger partial charge in [-0.2, -0.15) is 5.26 Å². The maximum Gasteiger partial charge on any atom is 0.134 e. The number of halogens is 1. The molecule has 0 spiro atoms. The lowest BCUT2D eigenvalue weighted by Gasteiger charge is -2.39. The largest absolute Gasteiger partial charge is 0.388 e. The molecule has 0 aromatic carbocycles. The van der Waals surface area contributed by atoms with Crippen LogP contribution in [-0.4, -0.2) is 28.6 Å². The average Bonchev–Trinajstić information content (AvgIpc) is 2.68. The van der Waals surface area contributed by atoms with Crippen LogP contribution in [0.5, 0.6) is 0 Å². The first-order valence-corrected chi connectivity index (χ1v) is 8.13. The lowest BCUT2D eigenvalue weighted by molar-refractivity contribution is -0.0720. The molecule has 2 saturated carbocycles. The normalized spacial score (nSPS) is 38.9. The number of aliphatic hydroxyl groups excluding tert-OH is 1. The van der Waals surface area contributed by atoms with Crippen LogP contribution in [0.15, 0.2) is 0 Å². The molecule has 5 heteroatoms. The second-order valence-corrected chi connectivity index (χ2v) is 8.22. The Balaban J connectivity index is 1.91. The van der Waals surface area contributed by atoms with Crippen LogP contribution in [0.3, 0.4) is 0 Å². The number of nitriles is 1. The molecular formula is C14H22ClNO2S. The zero-order valence-electron chi connectivity index (χ0n) is 11.7. The Bertz CT molecular complexity index is 384. The van der Waals surface area contributed by atoms with Gasteiger partial charge in [-0.1, -0.05) is 20.8 Å². The number of nitrogens with zero attached hydrogens (tertiary/aromatic N) is 1. The molecule has 0 aliphatic heterocycles. The lowest BCUT2D eigenvalue weighted by atomic mass is 9.70. The number of aliphatic hydroxyl groups is 1. The predicted octanol–water partition coefficient (Wildman–Crippen LogP) is 3.36. The van der Waals surface area contributed by atoms with E-state index in [9.17, 15) is 5.11 Å². The topological polar surface area (TPSA) is 53.2 Å². The highest BCUT2D eigenvalue weighted by molar-refractivity contribution is 8.05. The van der Waals surface area contributed by atoms with Crippen molar-refractivity contribution in [3.8, 4) is 5.40 Å². The van der Waals surface area contributed by atoms with E-state index in [-0.39, 0.29) is 18.1 Å². The summed E-state index contributed by atoms with van der Waals surface area (Å²) in [7, 11) is 0. The first kappa shape index (κ1) is 15.4. The Labute approximate surface area is 124 Å². The first-order valence-electron chi connectivity index (χ1n) is 6.81. The summed E-state index contributed by atoms with van der Waals surface area (Å²) in [5.74, 6) is 0.722. The molecule has 108 valence electrons. The molecular weight excluding hydrogens is 282 g/mol. The minimum absolute atomic E-state index is 0.196. The van der Waals surface area contributed by atoms with Crippen molar-refractivity contribution in [2.24, 2.45) is 16.7 Å². The standard InChI is InChI=1S/C14H22ClNO2S/c1-13(2)9-4-5-14(13,3)11(6-9)18-7-10(17)12(15)19-8-16/h9-12,17H,4-7H2,1-3H3. The summed E-state index contributed by atoms with van der Waals surface area (Å²) in [6.45, 7) is 7.19. The molecule has 2 fully saturated rings. The van der Waals surface area contributed by atoms with Gasteiger partial charge < -0.3 is 9.84 Å². The van der Waals surface area contributed by atoms with E-state index in [1.54, 1.807) is 0 Å². The van der Waals surface area contributed by atoms with Crippen LogP contribution in [0.2, 0.25) is 0 Å². The minimum atomic E-state index is -0.794. The Morgan fingerprint density at radius 3 is 2.68 bits per heavy atom. The van der Waals surface area contributed by atoms with E-state index in [0.29, 0.717) is 5.41 Å². The van der Waals surface area contributed by atoms with E-state index in [1.807, 2.05) is 5.40 Å². The van der Waals surface area contributed by atoms with Crippen molar-refractivity contribution in [3.63, 3.8) is 0 Å². The zero-order chi connectivity index (χ0) is 14.3. The van der Waals surface area contributed by atoms with Gasteiger partial charge in [0.15, 0.2) is 0 Å². The zero-order valence-corrected chi connectivity index (χ0v) is 13.3. The number of hydrogen-bond donors (Lipinski definition) is 1. The van der Waals surface area contributed by atoms with Gasteiger partial charge in [0.05, 0.1) is 12.7 Å². The fraction of sp³-hybridized carbons (Fsp3) is 0.929. The van der Waals surface area contributed by atoms with E-state index >= 15 is 0 Å². The monoisotopic (exact) mass is 303 g/mol. The summed E-state index contributed by atoms with van der Waals surface area (Å²) in [5, 5.41) is 20.3. The average molecular weight is 304 g/mol. The van der Waals surface area contributed by atoms with E-state index in [2.05, 4.69) is 20.8 Å². The predicted molar refractivity (Wildman–Crippen MR) is 77.8 cm³/mol. The van der Waals surface area contributed by atoms with Crippen LogP contribution < -0.4 is 0 Å². The van der Waals surface area contributed by atoms with Gasteiger partial charge in [-0.05, 0) is 47.8 Å². The molecule has 2 aliphatic rings. The third kappa shape index (κ3) is 2.51. The van der Waals surface area contributed by atoms with Crippen molar-refractivity contribution in [1.82, 2.24) is 0 Å². The van der Waals surface area contributed by atoms with Gasteiger partial charge in [-0.15, -0.1) is 11.6 Å². The van der Waals surface area contributed by atoms with E-state index in [4.69, 9.17) is 21.6 Å². The molecule has 2 aliphatic carbocycles. The molecule has 0 saturated heterocycles. The quantitative estimate of drug-likeness (QED) is 0.625. The van der Waals surface area contributed by atoms with Crippen LogP contribution in [0, 0.1) is 27.4 Å². The minimum Gasteiger partial charge on any atom is -0.388 e. The number of rotatable bonds is 5. The lowest BCUT2D eigenvalue weighted by Crippen LogP contribution is -2.39. The molecule has 0 radical (unpaired) electrons. The summed E-state index contributed by atoms with van der Waals surface area (Å²) in [6, 6.07) is 0. The summed E-state index contributed by atoms with van der Waals surface area (Å²) in [6.07, 6.45) is 2.97. The van der Waals surface area contributed by atoms with Crippen molar-refractivity contribution >= 4 is 23.4 Å². The number of ether oxygens (including phenoxy) is 1. The second-order valence-electron chi connectivity index (χ2n) is 6.56. The number of alkyl halides is 1. The van der Waals surface area contributed by atoms with Crippen LogP contribution in [0.4, 0.5) is 0 Å². The van der Waals surface area contributed by atoms with Gasteiger partial charge in [-0.25, -0.2) is 0 Å². The van der Waals surface area contributed by atoms with Crippen LogP contribution >= 0.6 is 23.4 Å². The molecule has 5 atom stereocenters. The maximum absolute atomic E-state index is 9.86. The fourth-order valence-electron chi connectivity index (χ4n) is 3.80. The molecule has 1 N–H and O–H groups in total. The van der Waals surface area contributed by atoms with Crippen molar-refractivity contribution in [3.05, 3.63) is 0 Å². The summed E-state index contributed by atoms with van der Waals surface area (Å²) in [4.78, 5) is 0. The van der Waals surface area contributed by atoms with Crippen molar-refractivity contribution in [1.29, 1.82) is 5.26 Å². The molecule has 2 bridgehead atoms. The van der Waals surface area contributed by atoms with Gasteiger partial charge in [0.2, 0.25) is 0 Å². The molecule has 0 heterocycles. The van der Waals surface area contributed by atoms with Crippen LogP contribution in [0.1, 0.15) is 40.0 Å². The third-order valence-corrected chi connectivity index (χ3v) is 6.85. The molecule has 3 nitrogen and oxygen atoms in total. The summed E-state index contributed by atoms with van der Waals surface area (Å²) in [5.41, 5.74) is 0.506. The third-order valence-electron chi connectivity index (χ3n) is 5.65. The SMILES string of the molecule is CC1(C)C2CCC1(C)C(OCC(O)C(Cl)SC#N)C2.